The van der Waals surface area contributed by atoms with E-state index in [0.717, 1.165) is 47.2 Å². The molecule has 0 saturated carbocycles. The number of H-pyrrole nitrogens is 1. The van der Waals surface area contributed by atoms with Gasteiger partial charge in [0, 0.05) is 16.5 Å². The van der Waals surface area contributed by atoms with E-state index in [0.29, 0.717) is 23.2 Å². The maximum absolute atomic E-state index is 6.46. The number of aryl methyl sites for hydroxylation is 1. The smallest absolute Gasteiger partial charge is 0.120 e. The summed E-state index contributed by atoms with van der Waals surface area (Å²) in [5.41, 5.74) is 9.77. The number of halogens is 2. The normalized spacial score (nSPS) is 11.2. The van der Waals surface area contributed by atoms with Gasteiger partial charge in [0.05, 0.1) is 22.3 Å². The quantitative estimate of drug-likeness (QED) is 0.510. The zero-order chi connectivity index (χ0) is 17.8. The van der Waals surface area contributed by atoms with Gasteiger partial charge in [-0.05, 0) is 68.6 Å². The van der Waals surface area contributed by atoms with Crippen LogP contribution in [0.5, 0.6) is 5.75 Å². The summed E-state index contributed by atoms with van der Waals surface area (Å²) in [4.78, 5) is 3.50. The molecule has 0 atom stereocenters. The van der Waals surface area contributed by atoms with Crippen LogP contribution in [0.4, 0.5) is 0 Å². The van der Waals surface area contributed by atoms with Gasteiger partial charge in [-0.15, -0.1) is 0 Å². The Labute approximate surface area is 158 Å². The molecule has 2 aromatic carbocycles. The summed E-state index contributed by atoms with van der Waals surface area (Å²) in [5.74, 6) is 0.867. The predicted molar refractivity (Wildman–Crippen MR) is 107 cm³/mol. The van der Waals surface area contributed by atoms with Crippen molar-refractivity contribution in [3.8, 4) is 17.0 Å². The van der Waals surface area contributed by atoms with Crippen LogP contribution in [0.1, 0.15) is 25.3 Å². The summed E-state index contributed by atoms with van der Waals surface area (Å²) in [6.07, 6.45) is 2.90. The minimum atomic E-state index is 0.641. The summed E-state index contributed by atoms with van der Waals surface area (Å²) in [6, 6.07) is 11.7. The number of unbranched alkanes of at least 4 members (excludes halogenated alkanes) is 1. The Morgan fingerprint density at radius 3 is 2.52 bits per heavy atom. The van der Waals surface area contributed by atoms with Gasteiger partial charge in [0.25, 0.3) is 0 Å². The molecule has 0 bridgehead atoms. The molecule has 25 heavy (non-hydrogen) atoms. The molecule has 0 aliphatic carbocycles. The second kappa shape index (κ2) is 8.13. The van der Waals surface area contributed by atoms with Crippen LogP contribution in [0.15, 0.2) is 36.4 Å². The third kappa shape index (κ3) is 3.79. The van der Waals surface area contributed by atoms with Gasteiger partial charge in [0.2, 0.25) is 0 Å². The maximum Gasteiger partial charge on any atom is 0.120 e. The lowest BCUT2D eigenvalue weighted by atomic mass is 10.00. The Hall–Kier alpha value is -1.68. The van der Waals surface area contributed by atoms with E-state index in [-0.39, 0.29) is 0 Å². The second-order valence-corrected chi connectivity index (χ2v) is 6.78. The molecule has 0 unspecified atom stereocenters. The molecule has 0 fully saturated rings. The lowest BCUT2D eigenvalue weighted by Gasteiger charge is -2.09. The van der Waals surface area contributed by atoms with Gasteiger partial charge >= 0.3 is 0 Å². The van der Waals surface area contributed by atoms with Crippen LogP contribution in [-0.2, 0) is 6.42 Å². The van der Waals surface area contributed by atoms with E-state index in [2.05, 4.69) is 11.1 Å². The molecule has 5 heteroatoms. The predicted octanol–water partition coefficient (Wildman–Crippen LogP) is 5.82. The first-order chi connectivity index (χ1) is 12.2. The highest BCUT2D eigenvalue weighted by molar-refractivity contribution is 6.39. The number of nitrogens with one attached hydrogen (secondary N) is 1. The molecule has 3 nitrogen and oxygen atoms in total. The van der Waals surface area contributed by atoms with Crippen molar-refractivity contribution < 1.29 is 4.74 Å². The van der Waals surface area contributed by atoms with Crippen molar-refractivity contribution in [1.29, 1.82) is 0 Å². The van der Waals surface area contributed by atoms with E-state index >= 15 is 0 Å². The summed E-state index contributed by atoms with van der Waals surface area (Å²) in [7, 11) is 0. The van der Waals surface area contributed by atoms with E-state index in [1.54, 1.807) is 0 Å². The molecule has 0 radical (unpaired) electrons. The fraction of sp³-hybridized carbons (Fsp3) is 0.300. The minimum absolute atomic E-state index is 0.641. The molecule has 1 aromatic heterocycles. The summed E-state index contributed by atoms with van der Waals surface area (Å²) < 4.78 is 5.67. The van der Waals surface area contributed by atoms with E-state index in [4.69, 9.17) is 33.7 Å². The van der Waals surface area contributed by atoms with Crippen molar-refractivity contribution in [1.82, 2.24) is 4.98 Å². The highest BCUT2D eigenvalue weighted by Crippen LogP contribution is 2.40. The van der Waals surface area contributed by atoms with Gasteiger partial charge in [-0.2, -0.15) is 0 Å². The van der Waals surface area contributed by atoms with Crippen LogP contribution >= 0.6 is 23.2 Å². The molecule has 0 spiro atoms. The molecule has 0 aliphatic rings. The Morgan fingerprint density at radius 1 is 1.08 bits per heavy atom. The first-order valence-corrected chi connectivity index (χ1v) is 9.33. The van der Waals surface area contributed by atoms with Crippen molar-refractivity contribution >= 4 is 34.1 Å². The number of aromatic nitrogens is 1. The first kappa shape index (κ1) is 18.1. The number of fused-ring (bicyclic) bond motifs is 1. The third-order valence-corrected chi connectivity index (χ3v) is 4.91. The zero-order valence-electron chi connectivity index (χ0n) is 14.2. The molecule has 0 amide bonds. The van der Waals surface area contributed by atoms with Crippen LogP contribution in [0.2, 0.25) is 10.0 Å². The average Bonchev–Trinajstić information content (AvgIpc) is 2.93. The van der Waals surface area contributed by atoms with Gasteiger partial charge in [-0.3, -0.25) is 0 Å². The van der Waals surface area contributed by atoms with Crippen LogP contribution < -0.4 is 10.5 Å². The fourth-order valence-corrected chi connectivity index (χ4v) is 3.73. The number of rotatable bonds is 7. The number of hydrogen-bond donors (Lipinski definition) is 2. The lowest BCUT2D eigenvalue weighted by molar-refractivity contribution is 0.340. The maximum atomic E-state index is 6.46. The van der Waals surface area contributed by atoms with Gasteiger partial charge in [0.15, 0.2) is 0 Å². The molecule has 3 rings (SSSR count). The summed E-state index contributed by atoms with van der Waals surface area (Å²) in [5, 5.41) is 2.43. The molecule has 3 aromatic rings. The van der Waals surface area contributed by atoms with Crippen molar-refractivity contribution in [2.75, 3.05) is 13.2 Å². The molecule has 0 aliphatic heterocycles. The summed E-state index contributed by atoms with van der Waals surface area (Å²) >= 11 is 12.9. The highest BCUT2D eigenvalue weighted by atomic mass is 35.5. The lowest BCUT2D eigenvalue weighted by Crippen LogP contribution is -1.99. The Morgan fingerprint density at radius 2 is 1.84 bits per heavy atom. The van der Waals surface area contributed by atoms with Crippen molar-refractivity contribution in [3.63, 3.8) is 0 Å². The van der Waals surface area contributed by atoms with Crippen LogP contribution in [0, 0.1) is 0 Å². The SMILES string of the molecule is CCOc1ccc2[nH]c(-c3c(Cl)cccc3Cl)c(CCCCN)c2c1. The number of nitrogens with two attached hydrogens (primary N) is 1. The third-order valence-electron chi connectivity index (χ3n) is 4.28. The minimum Gasteiger partial charge on any atom is -0.494 e. The van der Waals surface area contributed by atoms with Gasteiger partial charge < -0.3 is 15.5 Å². The number of aromatic amines is 1. The Kier molecular flexibility index (Phi) is 5.89. The Bertz CT molecular complexity index is 853. The first-order valence-electron chi connectivity index (χ1n) is 8.57. The standard InChI is InChI=1S/C20H22Cl2N2O/c1-2-25-13-9-10-18-15(12-13)14(6-3-4-11-23)20(24-18)19-16(21)7-5-8-17(19)22/h5,7-10,12,24H,2-4,6,11,23H2,1H3. The Balaban J connectivity index is 2.17. The number of hydrogen-bond acceptors (Lipinski definition) is 2. The topological polar surface area (TPSA) is 51.0 Å². The monoisotopic (exact) mass is 376 g/mol. The second-order valence-electron chi connectivity index (χ2n) is 5.96. The zero-order valence-corrected chi connectivity index (χ0v) is 15.8. The molecule has 1 heterocycles. The van der Waals surface area contributed by atoms with Gasteiger partial charge in [-0.25, -0.2) is 0 Å². The van der Waals surface area contributed by atoms with E-state index in [9.17, 15) is 0 Å². The van der Waals surface area contributed by atoms with E-state index in [1.165, 1.54) is 5.56 Å². The molecular weight excluding hydrogens is 355 g/mol. The molecule has 0 saturated heterocycles. The molecular formula is C20H22Cl2N2O. The van der Waals surface area contributed by atoms with Gasteiger partial charge in [0.1, 0.15) is 5.75 Å². The highest BCUT2D eigenvalue weighted by Gasteiger charge is 2.18. The van der Waals surface area contributed by atoms with Gasteiger partial charge in [-0.1, -0.05) is 29.3 Å². The fourth-order valence-electron chi connectivity index (χ4n) is 3.14. The van der Waals surface area contributed by atoms with Crippen molar-refractivity contribution in [3.05, 3.63) is 52.0 Å². The van der Waals surface area contributed by atoms with Crippen molar-refractivity contribution in [2.24, 2.45) is 5.73 Å². The van der Waals surface area contributed by atoms with Crippen molar-refractivity contribution in [2.45, 2.75) is 26.2 Å². The van der Waals surface area contributed by atoms with Crippen LogP contribution in [0.25, 0.3) is 22.2 Å². The molecule has 3 N–H and O–H groups in total. The number of benzene rings is 2. The average molecular weight is 377 g/mol. The van der Waals surface area contributed by atoms with Crippen LogP contribution in [-0.4, -0.2) is 18.1 Å². The van der Waals surface area contributed by atoms with E-state index < -0.39 is 0 Å². The van der Waals surface area contributed by atoms with E-state index in [1.807, 2.05) is 37.3 Å². The summed E-state index contributed by atoms with van der Waals surface area (Å²) in [6.45, 7) is 3.31. The van der Waals surface area contributed by atoms with Crippen LogP contribution in [0.3, 0.4) is 0 Å². The molecule has 132 valence electrons. The largest absolute Gasteiger partial charge is 0.494 e. The number of ether oxygens (including phenoxy) is 1.